The van der Waals surface area contributed by atoms with Crippen molar-refractivity contribution in [3.05, 3.63) is 211 Å². The molecule has 21 heteroatoms. The van der Waals surface area contributed by atoms with E-state index in [9.17, 15) is 50.2 Å². The lowest BCUT2D eigenvalue weighted by Crippen LogP contribution is -2.51. The molecule has 0 bridgehead atoms. The predicted octanol–water partition coefficient (Wildman–Crippen LogP) is 16.9. The van der Waals surface area contributed by atoms with Crippen molar-refractivity contribution in [2.24, 2.45) is 0 Å². The summed E-state index contributed by atoms with van der Waals surface area (Å²) in [5.74, 6) is -4.41. The Hall–Kier alpha value is -7.14. The van der Waals surface area contributed by atoms with Crippen LogP contribution in [-0.2, 0) is 68.8 Å². The summed E-state index contributed by atoms with van der Waals surface area (Å²) in [6, 6.07) is 23.0. The quantitative estimate of drug-likeness (QED) is 0.0419. The fraction of sp³-hybridized carbons (Fsp3) is 0.343. The van der Waals surface area contributed by atoms with E-state index < -0.39 is 64.6 Å². The maximum Gasteiger partial charge on any atom is 0.258 e. The van der Waals surface area contributed by atoms with E-state index in [1.807, 2.05) is 6.07 Å². The van der Waals surface area contributed by atoms with E-state index in [4.69, 9.17) is 18.5 Å². The number of nitrogens with zero attached hydrogens (tertiary/aromatic N) is 4. The molecule has 2 aliphatic rings. The van der Waals surface area contributed by atoms with Crippen molar-refractivity contribution in [1.82, 2.24) is 19.8 Å². The van der Waals surface area contributed by atoms with Gasteiger partial charge in [0, 0.05) is 61.5 Å². The zero-order chi connectivity index (χ0) is 63.7. The minimum absolute atomic E-state index is 0.0401. The normalized spacial score (nSPS) is 14.7. The Morgan fingerprint density at radius 2 is 0.898 bits per heavy atom. The van der Waals surface area contributed by atoms with Crippen molar-refractivity contribution < 1.29 is 63.6 Å². The number of hydrogen-bond donors (Lipinski definition) is 1. The topological polar surface area (TPSA) is 148 Å². The van der Waals surface area contributed by atoms with Crippen LogP contribution >= 0.6 is 14.7 Å². The Balaban J connectivity index is 0.000000215. The summed E-state index contributed by atoms with van der Waals surface area (Å²) >= 11 is 0. The van der Waals surface area contributed by atoms with Crippen molar-refractivity contribution in [3.8, 4) is 11.5 Å². The van der Waals surface area contributed by atoms with Gasteiger partial charge >= 0.3 is 0 Å². The molecule has 0 saturated carbocycles. The number of aromatic hydroxyl groups is 1. The molecule has 2 aromatic heterocycles. The van der Waals surface area contributed by atoms with Crippen molar-refractivity contribution in [3.63, 3.8) is 0 Å². The van der Waals surface area contributed by atoms with E-state index in [1.165, 1.54) is 41.3 Å². The number of phenolic OH excluding ortho intramolecular Hbond substituents is 1. The van der Waals surface area contributed by atoms with Crippen LogP contribution in [0.15, 0.2) is 109 Å². The molecular formula is C67H72F6N4O8P2Si. The number of hydrogen-bond acceptors (Lipinski definition) is 10. The summed E-state index contributed by atoms with van der Waals surface area (Å²) in [5.41, 5.74) is 6.50. The van der Waals surface area contributed by atoms with E-state index in [1.54, 1.807) is 75.6 Å². The van der Waals surface area contributed by atoms with Crippen LogP contribution in [0.25, 0.3) is 21.8 Å². The molecule has 10 rings (SSSR count). The van der Waals surface area contributed by atoms with Gasteiger partial charge in [-0.15, -0.1) is 0 Å². The first-order chi connectivity index (χ1) is 41.7. The van der Waals surface area contributed by atoms with Crippen molar-refractivity contribution in [2.75, 3.05) is 27.3 Å². The first-order valence-electron chi connectivity index (χ1n) is 29.3. The van der Waals surface area contributed by atoms with Gasteiger partial charge in [0.25, 0.3) is 20.1 Å². The van der Waals surface area contributed by atoms with Gasteiger partial charge in [-0.1, -0.05) is 77.9 Å². The van der Waals surface area contributed by atoms with Crippen LogP contribution in [0.3, 0.4) is 0 Å². The molecule has 0 saturated heterocycles. The number of amides is 2. The molecule has 0 fully saturated rings. The maximum absolute atomic E-state index is 14.9. The second-order valence-electron chi connectivity index (χ2n) is 23.7. The van der Waals surface area contributed by atoms with Crippen molar-refractivity contribution >= 4 is 56.7 Å². The molecule has 0 aliphatic carbocycles. The lowest BCUT2D eigenvalue weighted by atomic mass is 9.95. The minimum atomic E-state index is -3.79. The Labute approximate surface area is 510 Å². The van der Waals surface area contributed by atoms with Gasteiger partial charge in [0.05, 0.1) is 49.0 Å². The number of halogens is 6. The van der Waals surface area contributed by atoms with E-state index in [-0.39, 0.29) is 101 Å². The highest BCUT2D eigenvalue weighted by Gasteiger charge is 2.49. The molecular weight excluding hydrogens is 1190 g/mol. The average molecular weight is 1270 g/mol. The first kappa shape index (κ1) is 65.3. The Morgan fingerprint density at radius 3 is 1.30 bits per heavy atom. The summed E-state index contributed by atoms with van der Waals surface area (Å²) in [6.45, 7) is 16.9. The third kappa shape index (κ3) is 13.3. The number of fused-ring (bicyclic) bond motifs is 4. The number of carbonyl (C=O) groups is 2. The monoisotopic (exact) mass is 1260 g/mol. The average Bonchev–Trinajstić information content (AvgIpc) is 1.43. The SMILES string of the molecule is CCOP(=O)(Cc1c(F)cccc1F)Cc1c2c(c(O)c3ncc(Cc4ccc(F)cc4)cc13)C(=O)N(C)C2.CCOP(=O)(Cc1c(F)cccc1F)Cc1c2c(c(O[Si](C(C)C)(C(C)C)C(C)C)c3ncc(Cc4ccc(F)cc4)cc13)C(=O)N(C)C2. The number of aromatic nitrogens is 2. The van der Waals surface area contributed by atoms with E-state index in [0.717, 1.165) is 46.5 Å². The highest BCUT2D eigenvalue weighted by molar-refractivity contribution is 7.57. The lowest BCUT2D eigenvalue weighted by Gasteiger charge is -2.42. The molecule has 0 radical (unpaired) electrons. The summed E-state index contributed by atoms with van der Waals surface area (Å²) in [5, 5.41) is 12.2. The molecule has 1 N–H and O–H groups in total. The highest BCUT2D eigenvalue weighted by Crippen LogP contribution is 2.59. The zero-order valence-corrected chi connectivity index (χ0v) is 53.7. The fourth-order valence-electron chi connectivity index (χ4n) is 12.8. The molecule has 2 amide bonds. The van der Waals surface area contributed by atoms with Crippen LogP contribution in [0.5, 0.6) is 11.5 Å². The van der Waals surface area contributed by atoms with Crippen LogP contribution in [-0.4, -0.2) is 72.3 Å². The van der Waals surface area contributed by atoms with Gasteiger partial charge in [-0.05, 0) is 148 Å². The van der Waals surface area contributed by atoms with Crippen LogP contribution in [0.1, 0.15) is 132 Å². The first-order valence-corrected chi connectivity index (χ1v) is 35.5. The smallest absolute Gasteiger partial charge is 0.258 e. The van der Waals surface area contributed by atoms with Gasteiger partial charge in [0.2, 0.25) is 14.7 Å². The summed E-state index contributed by atoms with van der Waals surface area (Å²) in [4.78, 5) is 39.4. The van der Waals surface area contributed by atoms with Gasteiger partial charge in [-0.25, -0.2) is 26.3 Å². The zero-order valence-electron chi connectivity index (χ0n) is 51.0. The standard InChI is InChI=1S/C38H46F3N2O4PSi.C29H26F3N2O4P/c1-9-46-48(45,22-32-33(40)11-10-12-34(32)41)21-31-29-18-27(17-26-13-15-28(39)16-14-26)19-42-36(29)37(35-30(31)20-43(8)38(35)44)47-49(23(2)3,24(4)5)25(6)7;1-3-38-39(37,16-23-24(31)5-4-6-25(23)32)15-22-20-12-18(11-17-7-9-19(30)10-8-17)13-33-27(20)28(35)26-21(22)14-34(2)29(26)36/h10-16,18-19,23-25H,9,17,20-22H2,1-8H3;4-10,12-13,35H,3,11,14-16H2,1-2H3. The van der Waals surface area contributed by atoms with Crippen molar-refractivity contribution in [2.45, 2.75) is 123 Å². The summed E-state index contributed by atoms with van der Waals surface area (Å²) in [6.07, 6.45) is 2.81. The Kier molecular flexibility index (Phi) is 19.7. The van der Waals surface area contributed by atoms with Gasteiger partial charge < -0.3 is 28.4 Å². The number of benzene rings is 6. The molecule has 88 heavy (non-hydrogen) atoms. The van der Waals surface area contributed by atoms with Gasteiger partial charge in [0.15, 0.2) is 5.75 Å². The minimum Gasteiger partial charge on any atom is -0.541 e. The number of carbonyl (C=O) groups excluding carboxylic acids is 2. The van der Waals surface area contributed by atoms with Crippen molar-refractivity contribution in [1.29, 1.82) is 0 Å². The number of phenols is 1. The summed E-state index contributed by atoms with van der Waals surface area (Å²) < 4.78 is 134. The van der Waals surface area contributed by atoms with Gasteiger partial charge in [-0.2, -0.15) is 0 Å². The molecule has 4 heterocycles. The second-order valence-corrected chi connectivity index (χ2v) is 34.1. The maximum atomic E-state index is 14.9. The Bertz CT molecular complexity index is 4020. The summed E-state index contributed by atoms with van der Waals surface area (Å²) in [7, 11) is -6.87. The molecule has 2 atom stereocenters. The van der Waals surface area contributed by atoms with Crippen LogP contribution in [0.2, 0.25) is 16.6 Å². The third-order valence-electron chi connectivity index (χ3n) is 16.8. The third-order valence-corrected chi connectivity index (χ3v) is 27.4. The molecule has 0 spiro atoms. The van der Waals surface area contributed by atoms with E-state index in [2.05, 4.69) is 46.5 Å². The molecule has 8 aromatic rings. The second kappa shape index (κ2) is 26.5. The largest absolute Gasteiger partial charge is 0.541 e. The van der Waals surface area contributed by atoms with Crippen LogP contribution < -0.4 is 4.43 Å². The van der Waals surface area contributed by atoms with Gasteiger partial charge in [-0.3, -0.25) is 28.7 Å². The molecule has 12 nitrogen and oxygen atoms in total. The van der Waals surface area contributed by atoms with Crippen LogP contribution in [0, 0.1) is 34.9 Å². The number of pyridine rings is 2. The fourth-order valence-corrected chi connectivity index (χ4v) is 22.8. The van der Waals surface area contributed by atoms with E-state index in [0.29, 0.717) is 62.7 Å². The Morgan fingerprint density at radius 1 is 0.534 bits per heavy atom. The van der Waals surface area contributed by atoms with Gasteiger partial charge in [0.1, 0.15) is 51.7 Å². The predicted molar refractivity (Wildman–Crippen MR) is 333 cm³/mol. The highest BCUT2D eigenvalue weighted by atomic mass is 31.2. The molecule has 464 valence electrons. The van der Waals surface area contributed by atoms with E-state index >= 15 is 0 Å². The lowest BCUT2D eigenvalue weighted by molar-refractivity contribution is 0.0807. The van der Waals surface area contributed by atoms with Crippen LogP contribution in [0.4, 0.5) is 26.3 Å². The molecule has 6 aromatic carbocycles. The number of rotatable bonds is 21. The molecule has 2 aliphatic heterocycles. The molecule has 2 unspecified atom stereocenters.